The third kappa shape index (κ3) is 6.31. The quantitative estimate of drug-likeness (QED) is 0.675. The summed E-state index contributed by atoms with van der Waals surface area (Å²) in [5, 5.41) is 3.24. The molecule has 0 aromatic heterocycles. The van der Waals surface area contributed by atoms with Crippen LogP contribution in [0, 0.1) is 0 Å². The van der Waals surface area contributed by atoms with Crippen molar-refractivity contribution in [1.82, 2.24) is 10.2 Å². The predicted octanol–water partition coefficient (Wildman–Crippen LogP) is 3.95. The van der Waals surface area contributed by atoms with Crippen LogP contribution < -0.4 is 10.1 Å². The summed E-state index contributed by atoms with van der Waals surface area (Å²) < 4.78 is 5.42. The number of carbonyl (C=O) groups is 2. The first-order valence-corrected chi connectivity index (χ1v) is 8.96. The van der Waals surface area contributed by atoms with Crippen LogP contribution in [0.5, 0.6) is 5.75 Å². The van der Waals surface area contributed by atoms with Gasteiger partial charge in [0, 0.05) is 18.6 Å². The largest absolute Gasteiger partial charge is 0.490 e. The molecule has 0 bridgehead atoms. The molecule has 0 aliphatic rings. The molecule has 0 aliphatic carbocycles. The molecule has 142 valence electrons. The monoisotopic (exact) mass is 406 g/mol. The molecule has 0 aliphatic heterocycles. The van der Waals surface area contributed by atoms with Gasteiger partial charge < -0.3 is 15.0 Å². The number of benzene rings is 2. The molecule has 2 aromatic rings. The van der Waals surface area contributed by atoms with Crippen molar-refractivity contribution in [2.45, 2.75) is 6.54 Å². The van der Waals surface area contributed by atoms with Crippen LogP contribution in [0.2, 0.25) is 10.0 Å². The highest BCUT2D eigenvalue weighted by Gasteiger charge is 2.14. The Labute approximate surface area is 168 Å². The zero-order valence-electron chi connectivity index (χ0n) is 14.9. The molecule has 2 amide bonds. The van der Waals surface area contributed by atoms with Gasteiger partial charge in [0.2, 0.25) is 5.91 Å². The summed E-state index contributed by atoms with van der Waals surface area (Å²) in [6.45, 7) is 4.32. The van der Waals surface area contributed by atoms with Crippen molar-refractivity contribution < 1.29 is 14.3 Å². The van der Waals surface area contributed by atoms with Gasteiger partial charge in [0.1, 0.15) is 12.4 Å². The summed E-state index contributed by atoms with van der Waals surface area (Å²) in [4.78, 5) is 25.9. The highest BCUT2D eigenvalue weighted by atomic mass is 35.5. The van der Waals surface area contributed by atoms with E-state index in [9.17, 15) is 9.59 Å². The van der Waals surface area contributed by atoms with Gasteiger partial charge in [-0.1, -0.05) is 48.0 Å². The molecule has 2 rings (SSSR count). The van der Waals surface area contributed by atoms with E-state index in [0.717, 1.165) is 11.3 Å². The number of likely N-dealkylation sites (N-methyl/N-ethyl adjacent to an activating group) is 1. The molecule has 1 N–H and O–H groups in total. The summed E-state index contributed by atoms with van der Waals surface area (Å²) in [7, 11) is 1.67. The van der Waals surface area contributed by atoms with E-state index in [0.29, 0.717) is 18.2 Å². The molecule has 0 radical (unpaired) electrons. The molecule has 0 spiro atoms. The van der Waals surface area contributed by atoms with Gasteiger partial charge in [0.25, 0.3) is 5.91 Å². The number of halogens is 2. The summed E-state index contributed by atoms with van der Waals surface area (Å²) in [5.41, 5.74) is 1.22. The fraction of sp³-hybridized carbons (Fsp3) is 0.200. The first kappa shape index (κ1) is 20.8. The second-order valence-corrected chi connectivity index (χ2v) is 6.64. The highest BCUT2D eigenvalue weighted by Crippen LogP contribution is 2.20. The van der Waals surface area contributed by atoms with Crippen molar-refractivity contribution in [2.75, 3.05) is 20.2 Å². The van der Waals surface area contributed by atoms with E-state index in [1.165, 1.54) is 17.0 Å². The minimum atomic E-state index is -0.429. The molecule has 0 saturated carbocycles. The molecule has 2 aromatic carbocycles. The Morgan fingerprint density at radius 1 is 1.19 bits per heavy atom. The number of nitrogens with zero attached hydrogens (tertiary/aromatic N) is 1. The maximum absolute atomic E-state index is 12.3. The zero-order valence-corrected chi connectivity index (χ0v) is 16.4. The van der Waals surface area contributed by atoms with Crippen LogP contribution in [0.4, 0.5) is 0 Å². The Bertz CT molecular complexity index is 822. The average molecular weight is 407 g/mol. The topological polar surface area (TPSA) is 58.6 Å². The fourth-order valence-corrected chi connectivity index (χ4v) is 2.76. The number of hydrogen-bond donors (Lipinski definition) is 1. The third-order valence-corrected chi connectivity index (χ3v) is 4.26. The van der Waals surface area contributed by atoms with Gasteiger partial charge in [0.15, 0.2) is 0 Å². The number of amides is 2. The van der Waals surface area contributed by atoms with Crippen molar-refractivity contribution in [3.05, 3.63) is 76.3 Å². The van der Waals surface area contributed by atoms with E-state index in [2.05, 4.69) is 11.9 Å². The second kappa shape index (κ2) is 10.00. The first-order chi connectivity index (χ1) is 12.9. The van der Waals surface area contributed by atoms with Crippen LogP contribution in [0.1, 0.15) is 15.9 Å². The number of nitrogens with one attached hydrogen (secondary N) is 1. The Kier molecular flexibility index (Phi) is 7.70. The average Bonchev–Trinajstić information content (AvgIpc) is 2.65. The van der Waals surface area contributed by atoms with Crippen LogP contribution in [0.3, 0.4) is 0 Å². The summed E-state index contributed by atoms with van der Waals surface area (Å²) in [5.74, 6) is 0.0855. The van der Waals surface area contributed by atoms with E-state index in [4.69, 9.17) is 27.9 Å². The summed E-state index contributed by atoms with van der Waals surface area (Å²) in [6.07, 6.45) is 1.67. The van der Waals surface area contributed by atoms with E-state index in [1.807, 2.05) is 24.3 Å². The van der Waals surface area contributed by atoms with Crippen molar-refractivity contribution in [3.63, 3.8) is 0 Å². The van der Waals surface area contributed by atoms with Crippen molar-refractivity contribution in [1.29, 1.82) is 0 Å². The molecule has 0 unspecified atom stereocenters. The molecule has 27 heavy (non-hydrogen) atoms. The lowest BCUT2D eigenvalue weighted by atomic mass is 10.2. The third-order valence-electron chi connectivity index (χ3n) is 3.71. The van der Waals surface area contributed by atoms with Gasteiger partial charge >= 0.3 is 0 Å². The van der Waals surface area contributed by atoms with Crippen LogP contribution in [-0.4, -0.2) is 36.9 Å². The minimum absolute atomic E-state index is 0.130. The van der Waals surface area contributed by atoms with Crippen LogP contribution in [0.15, 0.2) is 55.1 Å². The number of ether oxygens (including phenoxy) is 1. The number of rotatable bonds is 8. The predicted molar refractivity (Wildman–Crippen MR) is 107 cm³/mol. The lowest BCUT2D eigenvalue weighted by Gasteiger charge is -2.18. The molecule has 7 heteroatoms. The van der Waals surface area contributed by atoms with E-state index >= 15 is 0 Å². The molecular weight excluding hydrogens is 387 g/mol. The first-order valence-electron chi connectivity index (χ1n) is 8.20. The van der Waals surface area contributed by atoms with E-state index in [1.54, 1.807) is 19.2 Å². The fourth-order valence-electron chi connectivity index (χ4n) is 2.27. The lowest BCUT2D eigenvalue weighted by Crippen LogP contribution is -2.37. The van der Waals surface area contributed by atoms with Gasteiger partial charge in [-0.25, -0.2) is 0 Å². The van der Waals surface area contributed by atoms with Crippen molar-refractivity contribution >= 4 is 35.0 Å². The Morgan fingerprint density at radius 2 is 1.89 bits per heavy atom. The maximum Gasteiger partial charge on any atom is 0.253 e. The van der Waals surface area contributed by atoms with Gasteiger partial charge in [-0.3, -0.25) is 9.59 Å². The zero-order chi connectivity index (χ0) is 19.8. The SMILES string of the molecule is C=CCOc1ccc(CN(C)C(=O)CNC(=O)c2ccc(Cl)cc2Cl)cc1. The standard InChI is InChI=1S/C20H20Cl2N2O3/c1-3-10-27-16-7-4-14(5-8-16)13-24(2)19(25)12-23-20(26)17-9-6-15(21)11-18(17)22/h3-9,11H,1,10,12-13H2,2H3,(H,23,26). The summed E-state index contributed by atoms with van der Waals surface area (Å²) in [6, 6.07) is 12.0. The Morgan fingerprint density at radius 3 is 2.52 bits per heavy atom. The van der Waals surface area contributed by atoms with Gasteiger partial charge in [-0.2, -0.15) is 0 Å². The molecular formula is C20H20Cl2N2O3. The molecule has 5 nitrogen and oxygen atoms in total. The molecule has 0 heterocycles. The van der Waals surface area contributed by atoms with Crippen molar-refractivity contribution in [3.8, 4) is 5.75 Å². The van der Waals surface area contributed by atoms with Crippen LogP contribution in [-0.2, 0) is 11.3 Å². The molecule has 0 atom stereocenters. The minimum Gasteiger partial charge on any atom is -0.490 e. The van der Waals surface area contributed by atoms with Crippen LogP contribution in [0.25, 0.3) is 0 Å². The molecule has 0 fully saturated rings. The summed E-state index contributed by atoms with van der Waals surface area (Å²) >= 11 is 11.8. The molecule has 0 saturated heterocycles. The van der Waals surface area contributed by atoms with Gasteiger partial charge in [-0.15, -0.1) is 0 Å². The normalized spacial score (nSPS) is 10.2. The van der Waals surface area contributed by atoms with Crippen molar-refractivity contribution in [2.24, 2.45) is 0 Å². The van der Waals surface area contributed by atoms with Gasteiger partial charge in [-0.05, 0) is 35.9 Å². The maximum atomic E-state index is 12.3. The Hall–Kier alpha value is -2.50. The second-order valence-electron chi connectivity index (χ2n) is 5.80. The lowest BCUT2D eigenvalue weighted by molar-refractivity contribution is -0.129. The number of carbonyl (C=O) groups excluding carboxylic acids is 2. The van der Waals surface area contributed by atoms with E-state index < -0.39 is 5.91 Å². The Balaban J connectivity index is 1.86. The number of hydrogen-bond acceptors (Lipinski definition) is 3. The highest BCUT2D eigenvalue weighted by molar-refractivity contribution is 6.36. The smallest absolute Gasteiger partial charge is 0.253 e. The van der Waals surface area contributed by atoms with Gasteiger partial charge in [0.05, 0.1) is 17.1 Å². The van der Waals surface area contributed by atoms with Crippen LogP contribution >= 0.6 is 23.2 Å². The van der Waals surface area contributed by atoms with E-state index in [-0.39, 0.29) is 23.0 Å².